The summed E-state index contributed by atoms with van der Waals surface area (Å²) in [6.07, 6.45) is 2.22. The van der Waals surface area contributed by atoms with Gasteiger partial charge in [-0.25, -0.2) is 0 Å². The summed E-state index contributed by atoms with van der Waals surface area (Å²) in [7, 11) is 1.43. The van der Waals surface area contributed by atoms with Crippen LogP contribution in [0.2, 0.25) is 0 Å². The van der Waals surface area contributed by atoms with Gasteiger partial charge in [-0.1, -0.05) is 6.07 Å². The van der Waals surface area contributed by atoms with Gasteiger partial charge >= 0.3 is 5.97 Å². The first-order valence-corrected chi connectivity index (χ1v) is 7.20. The van der Waals surface area contributed by atoms with E-state index in [2.05, 4.69) is 33.7 Å². The number of hydrogen-bond acceptors (Lipinski definition) is 4. The van der Waals surface area contributed by atoms with Gasteiger partial charge in [0, 0.05) is 16.2 Å². The van der Waals surface area contributed by atoms with Crippen molar-refractivity contribution in [1.29, 1.82) is 0 Å². The minimum atomic E-state index is -0.138. The average molecular weight is 266 g/mol. The van der Waals surface area contributed by atoms with Crippen LogP contribution in [0.1, 0.15) is 21.7 Å². The molecule has 0 aliphatic carbocycles. The van der Waals surface area contributed by atoms with Crippen LogP contribution < -0.4 is 0 Å². The summed E-state index contributed by atoms with van der Waals surface area (Å²) in [5.74, 6) is -0.138. The predicted octanol–water partition coefficient (Wildman–Crippen LogP) is 3.51. The number of aryl methyl sites for hydroxylation is 1. The zero-order valence-electron chi connectivity index (χ0n) is 9.64. The summed E-state index contributed by atoms with van der Waals surface area (Å²) in [6, 6.07) is 6.36. The standard InChI is InChI=1S/C13H14O2S2/c1-15-13(14)5-4-12-10(6-8-17-12)9-11-3-2-7-16-11/h2-3,6-8H,4-5,9H2,1H3. The Bertz CT molecular complexity index is 471. The molecule has 90 valence electrons. The summed E-state index contributed by atoms with van der Waals surface area (Å²) < 4.78 is 4.66. The molecule has 0 spiro atoms. The zero-order valence-corrected chi connectivity index (χ0v) is 11.3. The summed E-state index contributed by atoms with van der Waals surface area (Å²) in [5.41, 5.74) is 1.33. The largest absolute Gasteiger partial charge is 0.469 e. The molecule has 0 N–H and O–H groups in total. The van der Waals surface area contributed by atoms with Crippen molar-refractivity contribution in [2.75, 3.05) is 7.11 Å². The molecule has 0 bridgehead atoms. The van der Waals surface area contributed by atoms with Gasteiger partial charge in [-0.3, -0.25) is 4.79 Å². The van der Waals surface area contributed by atoms with E-state index in [4.69, 9.17) is 0 Å². The predicted molar refractivity (Wildman–Crippen MR) is 71.8 cm³/mol. The molecule has 17 heavy (non-hydrogen) atoms. The molecule has 0 fully saturated rings. The second-order valence-corrected chi connectivity index (χ2v) is 5.73. The molecule has 4 heteroatoms. The molecule has 2 aromatic rings. The molecule has 0 aromatic carbocycles. The van der Waals surface area contributed by atoms with Gasteiger partial charge in [-0.2, -0.15) is 0 Å². The lowest BCUT2D eigenvalue weighted by atomic mass is 10.1. The average Bonchev–Trinajstić information content (AvgIpc) is 2.98. The van der Waals surface area contributed by atoms with Gasteiger partial charge in [0.2, 0.25) is 0 Å². The highest BCUT2D eigenvalue weighted by atomic mass is 32.1. The van der Waals surface area contributed by atoms with Crippen LogP contribution >= 0.6 is 22.7 Å². The Morgan fingerprint density at radius 3 is 2.88 bits per heavy atom. The van der Waals surface area contributed by atoms with Crippen molar-refractivity contribution in [1.82, 2.24) is 0 Å². The van der Waals surface area contributed by atoms with Crippen molar-refractivity contribution >= 4 is 28.6 Å². The van der Waals surface area contributed by atoms with E-state index < -0.39 is 0 Å². The van der Waals surface area contributed by atoms with Gasteiger partial charge in [0.25, 0.3) is 0 Å². The van der Waals surface area contributed by atoms with Crippen molar-refractivity contribution in [3.05, 3.63) is 44.3 Å². The number of methoxy groups -OCH3 is 1. The van der Waals surface area contributed by atoms with Crippen molar-refractivity contribution < 1.29 is 9.53 Å². The lowest BCUT2D eigenvalue weighted by Crippen LogP contribution is -2.02. The summed E-state index contributed by atoms with van der Waals surface area (Å²) in [4.78, 5) is 13.8. The molecule has 0 amide bonds. The Kier molecular flexibility index (Phi) is 4.34. The van der Waals surface area contributed by atoms with E-state index in [0.717, 1.165) is 12.8 Å². The SMILES string of the molecule is COC(=O)CCc1sccc1Cc1cccs1. The molecule has 0 saturated carbocycles. The Morgan fingerprint density at radius 2 is 2.18 bits per heavy atom. The molecular weight excluding hydrogens is 252 g/mol. The fraction of sp³-hybridized carbons (Fsp3) is 0.308. The van der Waals surface area contributed by atoms with Gasteiger partial charge in [0.1, 0.15) is 0 Å². The number of thiophene rings is 2. The van der Waals surface area contributed by atoms with E-state index >= 15 is 0 Å². The van der Waals surface area contributed by atoms with Crippen LogP contribution in [0.25, 0.3) is 0 Å². The quantitative estimate of drug-likeness (QED) is 0.774. The molecule has 2 aromatic heterocycles. The number of carbonyl (C=O) groups excluding carboxylic acids is 1. The fourth-order valence-corrected chi connectivity index (χ4v) is 3.30. The fourth-order valence-electron chi connectivity index (χ4n) is 1.66. The van der Waals surface area contributed by atoms with E-state index in [1.165, 1.54) is 22.4 Å². The number of rotatable bonds is 5. The van der Waals surface area contributed by atoms with Gasteiger partial charge < -0.3 is 4.74 Å². The third-order valence-electron chi connectivity index (χ3n) is 2.57. The molecule has 2 nitrogen and oxygen atoms in total. The van der Waals surface area contributed by atoms with E-state index in [1.54, 1.807) is 22.7 Å². The van der Waals surface area contributed by atoms with Crippen molar-refractivity contribution in [3.63, 3.8) is 0 Å². The smallest absolute Gasteiger partial charge is 0.305 e. The monoisotopic (exact) mass is 266 g/mol. The summed E-state index contributed by atoms with van der Waals surface area (Å²) in [6.45, 7) is 0. The van der Waals surface area contributed by atoms with E-state index in [-0.39, 0.29) is 5.97 Å². The number of ether oxygens (including phenoxy) is 1. The summed E-state index contributed by atoms with van der Waals surface area (Å²) in [5, 5.41) is 4.19. The number of esters is 1. The third kappa shape index (κ3) is 3.41. The second-order valence-electron chi connectivity index (χ2n) is 3.70. The van der Waals surface area contributed by atoms with Crippen molar-refractivity contribution in [2.45, 2.75) is 19.3 Å². The van der Waals surface area contributed by atoms with Gasteiger partial charge in [-0.05, 0) is 34.9 Å². The summed E-state index contributed by atoms with van der Waals surface area (Å²) >= 11 is 3.49. The molecular formula is C13H14O2S2. The molecule has 0 aliphatic heterocycles. The lowest BCUT2D eigenvalue weighted by molar-refractivity contribution is -0.140. The molecule has 0 radical (unpaired) electrons. The maximum atomic E-state index is 11.1. The highest BCUT2D eigenvalue weighted by Gasteiger charge is 2.08. The molecule has 0 unspecified atom stereocenters. The second kappa shape index (κ2) is 5.98. The van der Waals surface area contributed by atoms with E-state index in [0.29, 0.717) is 6.42 Å². The lowest BCUT2D eigenvalue weighted by Gasteiger charge is -2.02. The topological polar surface area (TPSA) is 26.3 Å². The molecule has 0 atom stereocenters. The van der Waals surface area contributed by atoms with Gasteiger partial charge in [0.15, 0.2) is 0 Å². The first-order chi connectivity index (χ1) is 8.29. The van der Waals surface area contributed by atoms with Crippen LogP contribution in [0.5, 0.6) is 0 Å². The Morgan fingerprint density at radius 1 is 1.29 bits per heavy atom. The van der Waals surface area contributed by atoms with Crippen LogP contribution in [0.15, 0.2) is 29.0 Å². The Hall–Kier alpha value is -1.13. The van der Waals surface area contributed by atoms with Crippen LogP contribution in [0.3, 0.4) is 0 Å². The van der Waals surface area contributed by atoms with E-state index in [1.807, 2.05) is 0 Å². The Labute approximate surface area is 109 Å². The van der Waals surface area contributed by atoms with Crippen LogP contribution in [0, 0.1) is 0 Å². The highest BCUT2D eigenvalue weighted by Crippen LogP contribution is 2.23. The minimum Gasteiger partial charge on any atom is -0.469 e. The highest BCUT2D eigenvalue weighted by molar-refractivity contribution is 7.10. The van der Waals surface area contributed by atoms with Gasteiger partial charge in [-0.15, -0.1) is 22.7 Å². The number of hydrogen-bond donors (Lipinski definition) is 0. The first kappa shape index (κ1) is 12.3. The molecule has 0 aliphatic rings. The van der Waals surface area contributed by atoms with Crippen LogP contribution in [-0.2, 0) is 22.4 Å². The maximum absolute atomic E-state index is 11.1. The van der Waals surface area contributed by atoms with Crippen molar-refractivity contribution in [3.8, 4) is 0 Å². The van der Waals surface area contributed by atoms with Crippen LogP contribution in [0.4, 0.5) is 0 Å². The normalized spacial score (nSPS) is 10.4. The van der Waals surface area contributed by atoms with Crippen LogP contribution in [-0.4, -0.2) is 13.1 Å². The molecule has 2 rings (SSSR count). The van der Waals surface area contributed by atoms with E-state index in [9.17, 15) is 4.79 Å². The third-order valence-corrected chi connectivity index (χ3v) is 4.47. The zero-order chi connectivity index (χ0) is 12.1. The minimum absolute atomic E-state index is 0.138. The van der Waals surface area contributed by atoms with Gasteiger partial charge in [0.05, 0.1) is 13.5 Å². The molecule has 2 heterocycles. The molecule has 0 saturated heterocycles. The maximum Gasteiger partial charge on any atom is 0.305 e. The number of carbonyl (C=O) groups is 1. The van der Waals surface area contributed by atoms with Crippen molar-refractivity contribution in [2.24, 2.45) is 0 Å². The first-order valence-electron chi connectivity index (χ1n) is 5.44. The Balaban J connectivity index is 1.99.